The van der Waals surface area contributed by atoms with Gasteiger partial charge in [0.15, 0.2) is 0 Å². The molecule has 0 spiro atoms. The van der Waals surface area contributed by atoms with Crippen molar-refractivity contribution in [1.82, 2.24) is 4.90 Å². The van der Waals surface area contributed by atoms with E-state index in [0.29, 0.717) is 13.0 Å². The number of carbonyl (C=O) groups is 1. The van der Waals surface area contributed by atoms with Gasteiger partial charge in [-0.25, -0.2) is 0 Å². The van der Waals surface area contributed by atoms with Gasteiger partial charge in [0.25, 0.3) is 0 Å². The molecule has 0 bridgehead atoms. The van der Waals surface area contributed by atoms with Crippen molar-refractivity contribution in [2.75, 3.05) is 7.05 Å². The monoisotopic (exact) mass is 290 g/mol. The summed E-state index contributed by atoms with van der Waals surface area (Å²) in [5.41, 5.74) is 5.55. The zero-order valence-corrected chi connectivity index (χ0v) is 12.2. The molecule has 1 aromatic rings. The maximum Gasteiger partial charge on any atom is 0.232 e. The van der Waals surface area contributed by atoms with E-state index in [-0.39, 0.29) is 16.8 Å². The molecule has 1 aromatic heterocycles. The molecule has 1 unspecified atom stereocenters. The van der Waals surface area contributed by atoms with E-state index in [2.05, 4.69) is 0 Å². The fraction of sp³-hybridized carbons (Fsp3) is 0.455. The maximum atomic E-state index is 12.1. The quantitative estimate of drug-likeness (QED) is 0.848. The van der Waals surface area contributed by atoms with Crippen molar-refractivity contribution in [2.45, 2.75) is 19.9 Å². The van der Waals surface area contributed by atoms with Crippen LogP contribution < -0.4 is 5.73 Å². The van der Waals surface area contributed by atoms with Gasteiger partial charge in [0.1, 0.15) is 0 Å². The Morgan fingerprint density at radius 3 is 2.71 bits per heavy atom. The minimum Gasteiger partial charge on any atom is -0.393 e. The molecule has 2 N–H and O–H groups in total. The van der Waals surface area contributed by atoms with E-state index in [0.717, 1.165) is 9.21 Å². The van der Waals surface area contributed by atoms with E-state index in [1.807, 2.05) is 19.1 Å². The number of carbonyl (C=O) groups excluding carboxylic acids is 1. The highest BCUT2D eigenvalue weighted by atomic mass is 35.5. The molecule has 0 radical (unpaired) electrons. The molecule has 1 heterocycles. The molecule has 1 rings (SSSR count). The average molecular weight is 291 g/mol. The fourth-order valence-corrected chi connectivity index (χ4v) is 2.92. The predicted molar refractivity (Wildman–Crippen MR) is 76.4 cm³/mol. The summed E-state index contributed by atoms with van der Waals surface area (Å²) in [7, 11) is 1.75. The summed E-state index contributed by atoms with van der Waals surface area (Å²) in [4.78, 5) is 15.0. The molecule has 3 nitrogen and oxygen atoms in total. The summed E-state index contributed by atoms with van der Waals surface area (Å²) in [5, 5.41) is 0. The number of hydrogen-bond donors (Lipinski definition) is 1. The Morgan fingerprint density at radius 2 is 2.29 bits per heavy atom. The van der Waals surface area contributed by atoms with Crippen LogP contribution in [-0.2, 0) is 11.3 Å². The maximum absolute atomic E-state index is 12.1. The van der Waals surface area contributed by atoms with Crippen LogP contribution >= 0.6 is 35.2 Å². The van der Waals surface area contributed by atoms with Crippen molar-refractivity contribution in [1.29, 1.82) is 0 Å². The standard InChI is InChI=1S/C11H15ClN2OS2/c1-3-8(10(13)16)11(15)14(2)6-7-4-5-9(12)17-7/h4-5,8H,3,6H2,1-2H3,(H2,13,16). The highest BCUT2D eigenvalue weighted by molar-refractivity contribution is 7.80. The van der Waals surface area contributed by atoms with Gasteiger partial charge in [-0.2, -0.15) is 0 Å². The van der Waals surface area contributed by atoms with Crippen LogP contribution in [0, 0.1) is 5.92 Å². The summed E-state index contributed by atoms with van der Waals surface area (Å²) in [6.07, 6.45) is 0.629. The van der Waals surface area contributed by atoms with Crippen molar-refractivity contribution in [3.05, 3.63) is 21.3 Å². The third-order valence-electron chi connectivity index (χ3n) is 2.45. The van der Waals surface area contributed by atoms with E-state index < -0.39 is 0 Å². The zero-order valence-electron chi connectivity index (χ0n) is 9.77. The Bertz CT molecular complexity index is 419. The first-order valence-electron chi connectivity index (χ1n) is 5.24. The number of thiocarbonyl (C=S) groups is 1. The second kappa shape index (κ2) is 6.33. The van der Waals surface area contributed by atoms with Gasteiger partial charge in [-0.05, 0) is 18.6 Å². The Labute approximate surface area is 116 Å². The lowest BCUT2D eigenvalue weighted by molar-refractivity contribution is -0.132. The molecular weight excluding hydrogens is 276 g/mol. The Morgan fingerprint density at radius 1 is 1.65 bits per heavy atom. The van der Waals surface area contributed by atoms with Gasteiger partial charge < -0.3 is 10.6 Å². The number of rotatable bonds is 5. The Kier molecular flexibility index (Phi) is 5.36. The van der Waals surface area contributed by atoms with Crippen LogP contribution in [0.2, 0.25) is 4.34 Å². The minimum absolute atomic E-state index is 0.0375. The smallest absolute Gasteiger partial charge is 0.232 e. The molecule has 0 aliphatic heterocycles. The first-order chi connectivity index (χ1) is 7.95. The molecule has 0 saturated carbocycles. The van der Waals surface area contributed by atoms with Gasteiger partial charge in [-0.15, -0.1) is 11.3 Å². The third-order valence-corrected chi connectivity index (χ3v) is 3.95. The van der Waals surface area contributed by atoms with Gasteiger partial charge in [-0.3, -0.25) is 4.79 Å². The Hall–Kier alpha value is -0.650. The topological polar surface area (TPSA) is 46.3 Å². The second-order valence-electron chi connectivity index (χ2n) is 3.76. The van der Waals surface area contributed by atoms with E-state index in [1.165, 1.54) is 11.3 Å². The fourth-order valence-electron chi connectivity index (χ4n) is 1.51. The van der Waals surface area contributed by atoms with Gasteiger partial charge in [0, 0.05) is 11.9 Å². The molecule has 0 fully saturated rings. The lowest BCUT2D eigenvalue weighted by Gasteiger charge is -2.21. The number of nitrogens with two attached hydrogens (primary N) is 1. The SMILES string of the molecule is CCC(C(=O)N(C)Cc1ccc(Cl)s1)C(N)=S. The van der Waals surface area contributed by atoms with Crippen molar-refractivity contribution < 1.29 is 4.79 Å². The zero-order chi connectivity index (χ0) is 13.0. The molecule has 1 amide bonds. The molecule has 1 atom stereocenters. The summed E-state index contributed by atoms with van der Waals surface area (Å²) in [5.74, 6) is -0.407. The highest BCUT2D eigenvalue weighted by Crippen LogP contribution is 2.23. The largest absolute Gasteiger partial charge is 0.393 e. The van der Waals surface area contributed by atoms with Crippen LogP contribution in [0.4, 0.5) is 0 Å². The molecule has 6 heteroatoms. The lowest BCUT2D eigenvalue weighted by Crippen LogP contribution is -2.38. The number of halogens is 1. The van der Waals surface area contributed by atoms with Crippen LogP contribution in [0.25, 0.3) is 0 Å². The third kappa shape index (κ3) is 3.94. The first-order valence-corrected chi connectivity index (χ1v) is 6.84. The van der Waals surface area contributed by atoms with Crippen LogP contribution in [-0.4, -0.2) is 22.8 Å². The Balaban J connectivity index is 2.66. The summed E-state index contributed by atoms with van der Waals surface area (Å²) in [6, 6.07) is 3.74. The predicted octanol–water partition coefficient (Wildman–Crippen LogP) is 2.67. The molecule has 94 valence electrons. The van der Waals surface area contributed by atoms with Gasteiger partial charge in [0.05, 0.1) is 21.8 Å². The highest BCUT2D eigenvalue weighted by Gasteiger charge is 2.23. The van der Waals surface area contributed by atoms with E-state index >= 15 is 0 Å². The van der Waals surface area contributed by atoms with Crippen LogP contribution in [0.3, 0.4) is 0 Å². The van der Waals surface area contributed by atoms with Crippen LogP contribution in [0.1, 0.15) is 18.2 Å². The lowest BCUT2D eigenvalue weighted by atomic mass is 10.1. The first kappa shape index (κ1) is 14.4. The van der Waals surface area contributed by atoms with E-state index in [1.54, 1.807) is 11.9 Å². The number of nitrogens with zero attached hydrogens (tertiary/aromatic N) is 1. The normalized spacial score (nSPS) is 12.2. The van der Waals surface area contributed by atoms with Crippen LogP contribution in [0.15, 0.2) is 12.1 Å². The number of thiophene rings is 1. The summed E-state index contributed by atoms with van der Waals surface area (Å²) >= 11 is 12.2. The van der Waals surface area contributed by atoms with Crippen molar-refractivity contribution in [2.24, 2.45) is 11.7 Å². The van der Waals surface area contributed by atoms with Crippen molar-refractivity contribution >= 4 is 46.1 Å². The molecular formula is C11H15ClN2OS2. The van der Waals surface area contributed by atoms with Crippen LogP contribution in [0.5, 0.6) is 0 Å². The van der Waals surface area contributed by atoms with Gasteiger partial charge in [-0.1, -0.05) is 30.7 Å². The van der Waals surface area contributed by atoms with Crippen molar-refractivity contribution in [3.8, 4) is 0 Å². The average Bonchev–Trinajstić information content (AvgIpc) is 2.64. The molecule has 0 aliphatic carbocycles. The number of amides is 1. The summed E-state index contributed by atoms with van der Waals surface area (Å²) < 4.78 is 0.724. The van der Waals surface area contributed by atoms with Crippen molar-refractivity contribution in [3.63, 3.8) is 0 Å². The van der Waals surface area contributed by atoms with Gasteiger partial charge in [0.2, 0.25) is 5.91 Å². The summed E-state index contributed by atoms with van der Waals surface area (Å²) in [6.45, 7) is 2.44. The molecule has 0 aromatic carbocycles. The number of hydrogen-bond acceptors (Lipinski definition) is 3. The van der Waals surface area contributed by atoms with E-state index in [9.17, 15) is 4.79 Å². The molecule has 17 heavy (non-hydrogen) atoms. The molecule has 0 saturated heterocycles. The molecule has 0 aliphatic rings. The van der Waals surface area contributed by atoms with Gasteiger partial charge >= 0.3 is 0 Å². The second-order valence-corrected chi connectivity index (χ2v) is 6.03. The minimum atomic E-state index is -0.370. The van der Waals surface area contributed by atoms with E-state index in [4.69, 9.17) is 29.6 Å².